The summed E-state index contributed by atoms with van der Waals surface area (Å²) in [6.45, 7) is 7.31. The van der Waals surface area contributed by atoms with Crippen molar-refractivity contribution in [2.75, 3.05) is 13.2 Å². The van der Waals surface area contributed by atoms with Crippen LogP contribution < -0.4 is 9.47 Å². The fourth-order valence-electron chi connectivity index (χ4n) is 2.55. The lowest BCUT2D eigenvalue weighted by Crippen LogP contribution is -2.15. The highest BCUT2D eigenvalue weighted by Crippen LogP contribution is 2.43. The third kappa shape index (κ3) is 4.14. The van der Waals surface area contributed by atoms with Gasteiger partial charge in [-0.1, -0.05) is 31.9 Å². The molecule has 0 spiro atoms. The van der Waals surface area contributed by atoms with Gasteiger partial charge in [0.25, 0.3) is 0 Å². The van der Waals surface area contributed by atoms with E-state index in [0.29, 0.717) is 19.3 Å². The van der Waals surface area contributed by atoms with Gasteiger partial charge in [-0.2, -0.15) is 0 Å². The van der Waals surface area contributed by atoms with E-state index in [2.05, 4.69) is 38.8 Å². The van der Waals surface area contributed by atoms with Crippen LogP contribution in [-0.2, 0) is 4.74 Å². The molecule has 0 N–H and O–H groups in total. The van der Waals surface area contributed by atoms with E-state index in [4.69, 9.17) is 14.2 Å². The Balaban J connectivity index is 2.27. The van der Waals surface area contributed by atoms with Crippen molar-refractivity contribution in [1.29, 1.82) is 0 Å². The summed E-state index contributed by atoms with van der Waals surface area (Å²) in [5.41, 5.74) is 1.14. The summed E-state index contributed by atoms with van der Waals surface area (Å²) in [4.78, 5) is 0.145. The molecule has 3 unspecified atom stereocenters. The van der Waals surface area contributed by atoms with Crippen molar-refractivity contribution in [2.24, 2.45) is 0 Å². The molecule has 1 fully saturated rings. The van der Waals surface area contributed by atoms with Crippen LogP contribution in [0.1, 0.15) is 44.0 Å². The number of halogens is 2. The molecule has 2 rings (SSSR count). The smallest absolute Gasteiger partial charge is 0.162 e. The molecule has 1 aliphatic heterocycles. The van der Waals surface area contributed by atoms with Gasteiger partial charge in [0.15, 0.2) is 11.5 Å². The van der Waals surface area contributed by atoms with Crippen molar-refractivity contribution < 1.29 is 14.2 Å². The highest BCUT2D eigenvalue weighted by Gasteiger charge is 2.30. The van der Waals surface area contributed by atoms with Crippen LogP contribution in [0, 0.1) is 0 Å². The molecule has 5 heteroatoms. The quantitative estimate of drug-likeness (QED) is 0.587. The lowest BCUT2D eigenvalue weighted by molar-refractivity contribution is 0.0555. The largest absolute Gasteiger partial charge is 0.490 e. The van der Waals surface area contributed by atoms with Gasteiger partial charge in [-0.3, -0.25) is 0 Å². The third-order valence-electron chi connectivity index (χ3n) is 3.55. The van der Waals surface area contributed by atoms with Gasteiger partial charge in [0, 0.05) is 4.47 Å². The molecule has 1 aromatic carbocycles. The zero-order valence-electron chi connectivity index (χ0n) is 12.7. The maximum Gasteiger partial charge on any atom is 0.162 e. The van der Waals surface area contributed by atoms with Crippen molar-refractivity contribution in [3.05, 3.63) is 22.2 Å². The molecule has 0 aliphatic carbocycles. The molecular formula is C16H22Br2O3. The van der Waals surface area contributed by atoms with Crippen LogP contribution in [0.4, 0.5) is 0 Å². The molecule has 0 amide bonds. The van der Waals surface area contributed by atoms with Crippen LogP contribution in [-0.4, -0.2) is 25.4 Å². The fourth-order valence-corrected chi connectivity index (χ4v) is 4.19. The molecule has 0 aromatic heterocycles. The van der Waals surface area contributed by atoms with Crippen molar-refractivity contribution in [3.8, 4) is 11.5 Å². The Bertz CT molecular complexity index is 479. The highest BCUT2D eigenvalue weighted by molar-refractivity contribution is 9.11. The Morgan fingerprint density at radius 3 is 2.33 bits per heavy atom. The summed E-state index contributed by atoms with van der Waals surface area (Å²) in [7, 11) is 0. The van der Waals surface area contributed by atoms with E-state index in [-0.39, 0.29) is 10.9 Å². The number of hydrogen-bond donors (Lipinski definition) is 0. The van der Waals surface area contributed by atoms with Gasteiger partial charge in [0.1, 0.15) is 0 Å². The van der Waals surface area contributed by atoms with Crippen LogP contribution in [0.25, 0.3) is 0 Å². The summed E-state index contributed by atoms with van der Waals surface area (Å²) < 4.78 is 18.3. The number of ether oxygens (including phenoxy) is 3. The van der Waals surface area contributed by atoms with Gasteiger partial charge in [-0.25, -0.2) is 0 Å². The maximum atomic E-state index is 5.97. The van der Waals surface area contributed by atoms with E-state index in [0.717, 1.165) is 34.4 Å². The fraction of sp³-hybridized carbons (Fsp3) is 0.625. The zero-order chi connectivity index (χ0) is 15.4. The number of rotatable bonds is 6. The Morgan fingerprint density at radius 2 is 1.81 bits per heavy atom. The Hall–Kier alpha value is -0.260. The first-order valence-electron chi connectivity index (χ1n) is 7.45. The molecule has 0 saturated carbocycles. The van der Waals surface area contributed by atoms with E-state index < -0.39 is 0 Å². The summed E-state index contributed by atoms with van der Waals surface area (Å²) in [5.74, 6) is 1.56. The number of hydrogen-bond acceptors (Lipinski definition) is 3. The summed E-state index contributed by atoms with van der Waals surface area (Å²) in [6, 6.07) is 4.03. The first-order chi connectivity index (χ1) is 10.1. The van der Waals surface area contributed by atoms with Crippen LogP contribution >= 0.6 is 31.9 Å². The van der Waals surface area contributed by atoms with Gasteiger partial charge >= 0.3 is 0 Å². The summed E-state index contributed by atoms with van der Waals surface area (Å²) in [6.07, 6.45) is 2.71. The number of alkyl halides is 1. The topological polar surface area (TPSA) is 27.7 Å². The second kappa shape index (κ2) is 7.84. The molecule has 0 radical (unpaired) electrons. The van der Waals surface area contributed by atoms with Crippen molar-refractivity contribution in [2.45, 2.75) is 50.6 Å². The SMILES string of the molecule is CCOc1cc(Br)c(C(Br)C2CCC(C)O2)cc1OCC. The minimum Gasteiger partial charge on any atom is -0.490 e. The molecule has 1 heterocycles. The summed E-state index contributed by atoms with van der Waals surface area (Å²) in [5, 5.41) is 0. The molecule has 1 saturated heterocycles. The lowest BCUT2D eigenvalue weighted by Gasteiger charge is -2.21. The van der Waals surface area contributed by atoms with Crippen molar-refractivity contribution in [3.63, 3.8) is 0 Å². The lowest BCUT2D eigenvalue weighted by atomic mass is 10.0. The van der Waals surface area contributed by atoms with Crippen LogP contribution in [0.2, 0.25) is 0 Å². The van der Waals surface area contributed by atoms with Gasteiger partial charge < -0.3 is 14.2 Å². The van der Waals surface area contributed by atoms with Gasteiger partial charge in [-0.05, 0) is 51.3 Å². The maximum absolute atomic E-state index is 5.97. The highest BCUT2D eigenvalue weighted by atomic mass is 79.9. The molecule has 21 heavy (non-hydrogen) atoms. The van der Waals surface area contributed by atoms with E-state index in [1.165, 1.54) is 0 Å². The molecule has 118 valence electrons. The predicted molar refractivity (Wildman–Crippen MR) is 91.7 cm³/mol. The van der Waals surface area contributed by atoms with Crippen molar-refractivity contribution in [1.82, 2.24) is 0 Å². The monoisotopic (exact) mass is 420 g/mol. The third-order valence-corrected chi connectivity index (χ3v) is 5.32. The Kier molecular flexibility index (Phi) is 6.38. The van der Waals surface area contributed by atoms with E-state index in [1.54, 1.807) is 0 Å². The van der Waals surface area contributed by atoms with Crippen LogP contribution in [0.15, 0.2) is 16.6 Å². The van der Waals surface area contributed by atoms with Crippen molar-refractivity contribution >= 4 is 31.9 Å². The van der Waals surface area contributed by atoms with Gasteiger partial charge in [0.05, 0.1) is 30.2 Å². The van der Waals surface area contributed by atoms with E-state index in [1.807, 2.05) is 26.0 Å². The van der Waals surface area contributed by atoms with Gasteiger partial charge in [-0.15, -0.1) is 0 Å². The van der Waals surface area contributed by atoms with E-state index >= 15 is 0 Å². The Labute approximate surface area is 143 Å². The molecule has 1 aromatic rings. The average molecular weight is 422 g/mol. The number of benzene rings is 1. The average Bonchev–Trinajstić information content (AvgIpc) is 2.88. The molecular weight excluding hydrogens is 400 g/mol. The molecule has 3 nitrogen and oxygen atoms in total. The first kappa shape index (κ1) is 17.1. The molecule has 3 atom stereocenters. The van der Waals surface area contributed by atoms with Crippen LogP contribution in [0.3, 0.4) is 0 Å². The predicted octanol–water partition coefficient (Wildman–Crippen LogP) is 5.25. The Morgan fingerprint density at radius 1 is 1.19 bits per heavy atom. The minimum absolute atomic E-state index is 0.145. The normalized spacial score (nSPS) is 23.1. The van der Waals surface area contributed by atoms with Crippen LogP contribution in [0.5, 0.6) is 11.5 Å². The molecule has 0 bridgehead atoms. The van der Waals surface area contributed by atoms with E-state index in [9.17, 15) is 0 Å². The minimum atomic E-state index is 0.145. The molecule has 1 aliphatic rings. The van der Waals surface area contributed by atoms with Gasteiger partial charge in [0.2, 0.25) is 0 Å². The zero-order valence-corrected chi connectivity index (χ0v) is 15.9. The second-order valence-electron chi connectivity index (χ2n) is 5.15. The first-order valence-corrected chi connectivity index (χ1v) is 9.16. The standard InChI is InChI=1S/C16H22Br2O3/c1-4-19-14-8-11(12(17)9-15(14)20-5-2)16(18)13-7-6-10(3)21-13/h8-10,13,16H,4-7H2,1-3H3. The second-order valence-corrected chi connectivity index (χ2v) is 6.99. The summed E-state index contributed by atoms with van der Waals surface area (Å²) >= 11 is 7.43.